The summed E-state index contributed by atoms with van der Waals surface area (Å²) in [7, 11) is 1.60. The standard InChI is InChI=1S/C22H23N3O3/c1-5-23-21(26)16-7-6-13(2)19(11-16)25-22(27)18-10-15-8-9-17(28-4)12-20(15)24-14(18)3/h6-12H,5H2,1-4H3,(H,23,26)(H,25,27). The molecule has 0 unspecified atom stereocenters. The maximum Gasteiger partial charge on any atom is 0.257 e. The van der Waals surface area contributed by atoms with Crippen LogP contribution in [-0.4, -0.2) is 30.5 Å². The smallest absolute Gasteiger partial charge is 0.257 e. The molecule has 0 bridgehead atoms. The van der Waals surface area contributed by atoms with Crippen LogP contribution in [0.4, 0.5) is 5.69 Å². The molecule has 1 heterocycles. The minimum Gasteiger partial charge on any atom is -0.497 e. The number of methoxy groups -OCH3 is 1. The number of carbonyl (C=O) groups excluding carboxylic acids is 2. The van der Waals surface area contributed by atoms with Gasteiger partial charge in [-0.15, -0.1) is 0 Å². The van der Waals surface area contributed by atoms with Crippen molar-refractivity contribution in [3.8, 4) is 5.75 Å². The normalized spacial score (nSPS) is 10.6. The molecule has 6 heteroatoms. The number of aromatic nitrogens is 1. The number of fused-ring (bicyclic) bond motifs is 1. The minimum atomic E-state index is -0.265. The zero-order chi connectivity index (χ0) is 20.3. The maximum atomic E-state index is 12.9. The lowest BCUT2D eigenvalue weighted by molar-refractivity contribution is 0.0954. The number of hydrogen-bond donors (Lipinski definition) is 2. The molecule has 0 fully saturated rings. The molecule has 0 aliphatic heterocycles. The van der Waals surface area contributed by atoms with Gasteiger partial charge in [-0.1, -0.05) is 6.07 Å². The van der Waals surface area contributed by atoms with E-state index in [1.807, 2.05) is 44.2 Å². The Hall–Kier alpha value is -3.41. The van der Waals surface area contributed by atoms with Crippen LogP contribution < -0.4 is 15.4 Å². The predicted molar refractivity (Wildman–Crippen MR) is 110 cm³/mol. The van der Waals surface area contributed by atoms with Gasteiger partial charge in [0.1, 0.15) is 5.75 Å². The summed E-state index contributed by atoms with van der Waals surface area (Å²) in [5.74, 6) is 0.281. The highest BCUT2D eigenvalue weighted by Crippen LogP contribution is 2.23. The Morgan fingerprint density at radius 3 is 2.54 bits per heavy atom. The molecule has 0 radical (unpaired) electrons. The first-order chi connectivity index (χ1) is 13.4. The predicted octanol–water partition coefficient (Wildman–Crippen LogP) is 3.86. The van der Waals surface area contributed by atoms with Crippen LogP contribution in [0.3, 0.4) is 0 Å². The molecule has 0 aliphatic rings. The first-order valence-corrected chi connectivity index (χ1v) is 9.08. The van der Waals surface area contributed by atoms with Crippen LogP contribution >= 0.6 is 0 Å². The maximum absolute atomic E-state index is 12.9. The van der Waals surface area contributed by atoms with Crippen molar-refractivity contribution in [2.24, 2.45) is 0 Å². The molecule has 0 aliphatic carbocycles. The van der Waals surface area contributed by atoms with E-state index in [9.17, 15) is 9.59 Å². The third kappa shape index (κ3) is 3.96. The number of anilines is 1. The number of amides is 2. The Bertz CT molecular complexity index is 1060. The summed E-state index contributed by atoms with van der Waals surface area (Å²) < 4.78 is 5.23. The largest absolute Gasteiger partial charge is 0.497 e. The van der Waals surface area contributed by atoms with E-state index in [0.717, 1.165) is 22.2 Å². The monoisotopic (exact) mass is 377 g/mol. The van der Waals surface area contributed by atoms with Gasteiger partial charge in [-0.3, -0.25) is 14.6 Å². The zero-order valence-corrected chi connectivity index (χ0v) is 16.4. The molecule has 2 amide bonds. The van der Waals surface area contributed by atoms with Crippen LogP contribution in [-0.2, 0) is 0 Å². The number of nitrogens with one attached hydrogen (secondary N) is 2. The van der Waals surface area contributed by atoms with Gasteiger partial charge in [-0.2, -0.15) is 0 Å². The average Bonchev–Trinajstić information content (AvgIpc) is 2.68. The number of hydrogen-bond acceptors (Lipinski definition) is 4. The highest BCUT2D eigenvalue weighted by atomic mass is 16.5. The van der Waals surface area contributed by atoms with Crippen molar-refractivity contribution in [2.45, 2.75) is 20.8 Å². The van der Waals surface area contributed by atoms with Gasteiger partial charge in [0.15, 0.2) is 0 Å². The van der Waals surface area contributed by atoms with Crippen LogP contribution in [0.25, 0.3) is 10.9 Å². The molecule has 1 aromatic heterocycles. The lowest BCUT2D eigenvalue weighted by atomic mass is 10.1. The zero-order valence-electron chi connectivity index (χ0n) is 16.4. The number of aryl methyl sites for hydroxylation is 2. The van der Waals surface area contributed by atoms with Crippen LogP contribution in [0.1, 0.15) is 38.9 Å². The van der Waals surface area contributed by atoms with Crippen LogP contribution in [0.15, 0.2) is 42.5 Å². The Morgan fingerprint density at radius 2 is 1.82 bits per heavy atom. The molecule has 3 rings (SSSR count). The number of carbonyl (C=O) groups is 2. The Balaban J connectivity index is 1.91. The van der Waals surface area contributed by atoms with Crippen LogP contribution in [0.5, 0.6) is 5.75 Å². The number of rotatable bonds is 5. The number of nitrogens with zero attached hydrogens (tertiary/aromatic N) is 1. The van der Waals surface area contributed by atoms with E-state index in [0.29, 0.717) is 29.1 Å². The van der Waals surface area contributed by atoms with Gasteiger partial charge in [0.2, 0.25) is 0 Å². The number of ether oxygens (including phenoxy) is 1. The molecule has 2 aromatic carbocycles. The Kier molecular flexibility index (Phi) is 5.59. The van der Waals surface area contributed by atoms with Crippen molar-refractivity contribution in [2.75, 3.05) is 19.0 Å². The second-order valence-corrected chi connectivity index (χ2v) is 6.52. The summed E-state index contributed by atoms with van der Waals surface area (Å²) in [6, 6.07) is 12.6. The molecule has 0 saturated heterocycles. The third-order valence-electron chi connectivity index (χ3n) is 4.55. The average molecular weight is 377 g/mol. The Labute approximate surface area is 163 Å². The summed E-state index contributed by atoms with van der Waals surface area (Å²) >= 11 is 0. The van der Waals surface area contributed by atoms with E-state index in [4.69, 9.17) is 4.74 Å². The Morgan fingerprint density at radius 1 is 1.04 bits per heavy atom. The van der Waals surface area contributed by atoms with E-state index in [1.54, 1.807) is 26.2 Å². The molecule has 0 spiro atoms. The number of benzene rings is 2. The van der Waals surface area contributed by atoms with Crippen LogP contribution in [0, 0.1) is 13.8 Å². The lowest BCUT2D eigenvalue weighted by Crippen LogP contribution is -2.23. The van der Waals surface area contributed by atoms with Gasteiger partial charge in [0.05, 0.1) is 23.9 Å². The first-order valence-electron chi connectivity index (χ1n) is 9.08. The van der Waals surface area contributed by atoms with Crippen LogP contribution in [0.2, 0.25) is 0 Å². The summed E-state index contributed by atoms with van der Waals surface area (Å²) in [6.07, 6.45) is 0. The van der Waals surface area contributed by atoms with Crippen molar-refractivity contribution in [1.29, 1.82) is 0 Å². The second-order valence-electron chi connectivity index (χ2n) is 6.52. The van der Waals surface area contributed by atoms with Gasteiger partial charge in [0.25, 0.3) is 11.8 Å². The van der Waals surface area contributed by atoms with E-state index in [1.165, 1.54) is 0 Å². The molecular weight excluding hydrogens is 354 g/mol. The topological polar surface area (TPSA) is 80.3 Å². The molecule has 0 atom stereocenters. The SMILES string of the molecule is CCNC(=O)c1ccc(C)c(NC(=O)c2cc3ccc(OC)cc3nc2C)c1. The first kappa shape index (κ1) is 19.4. The van der Waals surface area contributed by atoms with E-state index >= 15 is 0 Å². The summed E-state index contributed by atoms with van der Waals surface area (Å²) in [5.41, 5.74) is 3.85. The fourth-order valence-electron chi connectivity index (χ4n) is 2.95. The number of pyridine rings is 1. The van der Waals surface area contributed by atoms with Crippen molar-refractivity contribution in [3.63, 3.8) is 0 Å². The fraction of sp³-hybridized carbons (Fsp3) is 0.227. The molecule has 0 saturated carbocycles. The molecule has 6 nitrogen and oxygen atoms in total. The van der Waals surface area contributed by atoms with Gasteiger partial charge in [-0.25, -0.2) is 0 Å². The van der Waals surface area contributed by atoms with Crippen molar-refractivity contribution < 1.29 is 14.3 Å². The molecule has 2 N–H and O–H groups in total. The van der Waals surface area contributed by atoms with Gasteiger partial charge in [0, 0.05) is 29.2 Å². The second kappa shape index (κ2) is 8.08. The highest BCUT2D eigenvalue weighted by molar-refractivity contribution is 6.07. The van der Waals surface area contributed by atoms with E-state index in [2.05, 4.69) is 15.6 Å². The quantitative estimate of drug-likeness (QED) is 0.707. The van der Waals surface area contributed by atoms with Crippen molar-refractivity contribution in [1.82, 2.24) is 10.3 Å². The lowest BCUT2D eigenvalue weighted by Gasteiger charge is -2.12. The summed E-state index contributed by atoms with van der Waals surface area (Å²) in [6.45, 7) is 6.09. The van der Waals surface area contributed by atoms with Gasteiger partial charge < -0.3 is 15.4 Å². The van der Waals surface area contributed by atoms with Gasteiger partial charge in [-0.05, 0) is 56.7 Å². The molecular formula is C22H23N3O3. The molecule has 3 aromatic rings. The third-order valence-corrected chi connectivity index (χ3v) is 4.55. The van der Waals surface area contributed by atoms with E-state index in [-0.39, 0.29) is 11.8 Å². The van der Waals surface area contributed by atoms with E-state index < -0.39 is 0 Å². The molecule has 144 valence electrons. The summed E-state index contributed by atoms with van der Waals surface area (Å²) in [4.78, 5) is 29.5. The molecule has 28 heavy (non-hydrogen) atoms. The minimum absolute atomic E-state index is 0.171. The highest BCUT2D eigenvalue weighted by Gasteiger charge is 2.15. The van der Waals surface area contributed by atoms with Gasteiger partial charge >= 0.3 is 0 Å². The summed E-state index contributed by atoms with van der Waals surface area (Å²) in [5, 5.41) is 6.52. The fourth-order valence-corrected chi connectivity index (χ4v) is 2.95. The van der Waals surface area contributed by atoms with Crippen molar-refractivity contribution in [3.05, 3.63) is 64.8 Å². The van der Waals surface area contributed by atoms with Crippen molar-refractivity contribution >= 4 is 28.4 Å².